The van der Waals surface area contributed by atoms with Crippen molar-refractivity contribution in [2.75, 3.05) is 0 Å². The van der Waals surface area contributed by atoms with Crippen LogP contribution in [0.5, 0.6) is 0 Å². The van der Waals surface area contributed by atoms with Crippen molar-refractivity contribution in [3.8, 4) is 0 Å². The lowest BCUT2D eigenvalue weighted by molar-refractivity contribution is 0.638. The maximum atomic E-state index is 5.90. The van der Waals surface area contributed by atoms with Gasteiger partial charge in [-0.2, -0.15) is 0 Å². The maximum absolute atomic E-state index is 5.90. The Kier molecular flexibility index (Phi) is 3.74. The van der Waals surface area contributed by atoms with Gasteiger partial charge in [-0.05, 0) is 6.42 Å². The van der Waals surface area contributed by atoms with Crippen molar-refractivity contribution in [2.45, 2.75) is 36.7 Å². The fourth-order valence-corrected chi connectivity index (χ4v) is 1.97. The van der Waals surface area contributed by atoms with E-state index in [1.165, 1.54) is 0 Å². The lowest BCUT2D eigenvalue weighted by Crippen LogP contribution is -2.29. The van der Waals surface area contributed by atoms with E-state index in [1.54, 1.807) is 18.1 Å². The lowest BCUT2D eigenvalue weighted by atomic mass is 10.2. The second-order valence-corrected chi connectivity index (χ2v) is 4.46. The van der Waals surface area contributed by atoms with Crippen LogP contribution in [0, 0.1) is 0 Å². The summed E-state index contributed by atoms with van der Waals surface area (Å²) in [5, 5.41) is 9.11. The number of thioether (sulfide) groups is 1. The molecule has 1 rings (SSSR count). The van der Waals surface area contributed by atoms with E-state index >= 15 is 0 Å². The Morgan fingerprint density at radius 1 is 1.69 bits per heavy atom. The van der Waals surface area contributed by atoms with E-state index in [4.69, 9.17) is 5.73 Å². The van der Waals surface area contributed by atoms with Gasteiger partial charge in [-0.1, -0.05) is 25.6 Å². The fourth-order valence-electron chi connectivity index (χ4n) is 0.965. The third-order valence-corrected chi connectivity index (χ3v) is 3.34. The third kappa shape index (κ3) is 2.70. The topological polar surface area (TPSA) is 56.7 Å². The molecule has 0 aromatic carbocycles. The Bertz CT molecular complexity index is 260. The average Bonchev–Trinajstić information content (AvgIpc) is 2.50. The maximum Gasteiger partial charge on any atom is 0.191 e. The summed E-state index contributed by atoms with van der Waals surface area (Å²) in [6.45, 7) is 4.21. The van der Waals surface area contributed by atoms with Crippen LogP contribution in [0.2, 0.25) is 0 Å². The van der Waals surface area contributed by atoms with Crippen LogP contribution in [0.3, 0.4) is 0 Å². The standard InChI is InChI=1S/C8H16N4S/c1-4-7(9)6(2)13-8-11-10-5-12(8)3/h5-7H,4,9H2,1-3H3. The zero-order valence-corrected chi connectivity index (χ0v) is 9.08. The molecule has 13 heavy (non-hydrogen) atoms. The zero-order chi connectivity index (χ0) is 9.84. The zero-order valence-electron chi connectivity index (χ0n) is 8.27. The molecule has 0 aliphatic carbocycles. The van der Waals surface area contributed by atoms with Crippen LogP contribution in [0.15, 0.2) is 11.5 Å². The van der Waals surface area contributed by atoms with Gasteiger partial charge < -0.3 is 10.3 Å². The van der Waals surface area contributed by atoms with E-state index in [1.807, 2.05) is 11.6 Å². The molecule has 1 aromatic heterocycles. The monoisotopic (exact) mass is 200 g/mol. The van der Waals surface area contributed by atoms with E-state index in [0.29, 0.717) is 5.25 Å². The summed E-state index contributed by atoms with van der Waals surface area (Å²) in [7, 11) is 1.94. The molecule has 4 nitrogen and oxygen atoms in total. The van der Waals surface area contributed by atoms with E-state index in [0.717, 1.165) is 11.6 Å². The van der Waals surface area contributed by atoms with E-state index < -0.39 is 0 Å². The van der Waals surface area contributed by atoms with Gasteiger partial charge in [0.2, 0.25) is 0 Å². The number of nitrogens with two attached hydrogens (primary N) is 1. The van der Waals surface area contributed by atoms with Crippen molar-refractivity contribution in [3.05, 3.63) is 6.33 Å². The normalized spacial score (nSPS) is 15.7. The highest BCUT2D eigenvalue weighted by Crippen LogP contribution is 2.22. The van der Waals surface area contributed by atoms with Crippen LogP contribution >= 0.6 is 11.8 Å². The number of hydrogen-bond donors (Lipinski definition) is 1. The minimum atomic E-state index is 0.224. The molecule has 0 spiro atoms. The molecule has 0 bridgehead atoms. The predicted octanol–water partition coefficient (Wildman–Crippen LogP) is 1.03. The number of nitrogens with zero attached hydrogens (tertiary/aromatic N) is 3. The molecule has 5 heteroatoms. The summed E-state index contributed by atoms with van der Waals surface area (Å²) in [6.07, 6.45) is 2.69. The first-order chi connectivity index (χ1) is 6.15. The Labute approximate surface area is 82.9 Å². The molecule has 0 radical (unpaired) electrons. The Balaban J connectivity index is 2.54. The number of rotatable bonds is 4. The van der Waals surface area contributed by atoms with Crippen LogP contribution in [0.4, 0.5) is 0 Å². The van der Waals surface area contributed by atoms with Crippen LogP contribution < -0.4 is 5.73 Å². The van der Waals surface area contributed by atoms with Gasteiger partial charge in [0.1, 0.15) is 6.33 Å². The minimum Gasteiger partial charge on any atom is -0.327 e. The lowest BCUT2D eigenvalue weighted by Gasteiger charge is -2.16. The molecule has 1 aromatic rings. The molecule has 0 fully saturated rings. The largest absolute Gasteiger partial charge is 0.327 e. The van der Waals surface area contributed by atoms with Crippen LogP contribution in [-0.2, 0) is 7.05 Å². The highest BCUT2D eigenvalue weighted by atomic mass is 32.2. The molecule has 2 unspecified atom stereocenters. The molecule has 0 saturated heterocycles. The summed E-state index contributed by atoms with van der Waals surface area (Å²) >= 11 is 1.67. The minimum absolute atomic E-state index is 0.224. The van der Waals surface area contributed by atoms with Crippen LogP contribution in [0.25, 0.3) is 0 Å². The molecule has 2 N–H and O–H groups in total. The van der Waals surface area contributed by atoms with E-state index in [2.05, 4.69) is 24.0 Å². The van der Waals surface area contributed by atoms with Crippen LogP contribution in [-0.4, -0.2) is 26.1 Å². The molecular weight excluding hydrogens is 184 g/mol. The van der Waals surface area contributed by atoms with Crippen molar-refractivity contribution in [3.63, 3.8) is 0 Å². The van der Waals surface area contributed by atoms with Gasteiger partial charge in [0, 0.05) is 18.3 Å². The van der Waals surface area contributed by atoms with Crippen molar-refractivity contribution < 1.29 is 0 Å². The van der Waals surface area contributed by atoms with Crippen molar-refractivity contribution in [1.29, 1.82) is 0 Å². The summed E-state index contributed by atoms with van der Waals surface area (Å²) in [5.41, 5.74) is 5.90. The van der Waals surface area contributed by atoms with Gasteiger partial charge in [0.25, 0.3) is 0 Å². The van der Waals surface area contributed by atoms with Gasteiger partial charge in [-0.15, -0.1) is 10.2 Å². The third-order valence-electron chi connectivity index (χ3n) is 2.04. The first kappa shape index (κ1) is 10.5. The quantitative estimate of drug-likeness (QED) is 0.738. The first-order valence-corrected chi connectivity index (χ1v) is 5.29. The number of hydrogen-bond acceptors (Lipinski definition) is 4. The number of aromatic nitrogens is 3. The molecule has 74 valence electrons. The summed E-state index contributed by atoms with van der Waals surface area (Å²) < 4.78 is 1.91. The van der Waals surface area contributed by atoms with Gasteiger partial charge in [0.05, 0.1) is 0 Å². The fraction of sp³-hybridized carbons (Fsp3) is 0.750. The Morgan fingerprint density at radius 2 is 2.38 bits per heavy atom. The molecular formula is C8H16N4S. The van der Waals surface area contributed by atoms with Gasteiger partial charge in [-0.25, -0.2) is 0 Å². The van der Waals surface area contributed by atoms with Gasteiger partial charge >= 0.3 is 0 Å². The Hall–Kier alpha value is -0.550. The van der Waals surface area contributed by atoms with Crippen molar-refractivity contribution in [1.82, 2.24) is 14.8 Å². The van der Waals surface area contributed by atoms with E-state index in [-0.39, 0.29) is 6.04 Å². The summed E-state index contributed by atoms with van der Waals surface area (Å²) in [6, 6.07) is 0.224. The smallest absolute Gasteiger partial charge is 0.191 e. The molecule has 0 saturated carbocycles. The highest BCUT2D eigenvalue weighted by Gasteiger charge is 2.14. The molecule has 0 aliphatic heterocycles. The Morgan fingerprint density at radius 3 is 2.85 bits per heavy atom. The number of aryl methyl sites for hydroxylation is 1. The van der Waals surface area contributed by atoms with Gasteiger partial charge in [0.15, 0.2) is 5.16 Å². The average molecular weight is 200 g/mol. The van der Waals surface area contributed by atoms with Crippen molar-refractivity contribution >= 4 is 11.8 Å². The first-order valence-electron chi connectivity index (χ1n) is 4.41. The SMILES string of the molecule is CCC(N)C(C)Sc1nncn1C. The highest BCUT2D eigenvalue weighted by molar-refractivity contribution is 7.99. The predicted molar refractivity (Wildman–Crippen MR) is 54.6 cm³/mol. The molecule has 1 heterocycles. The van der Waals surface area contributed by atoms with Gasteiger partial charge in [-0.3, -0.25) is 0 Å². The molecule has 0 aliphatic rings. The van der Waals surface area contributed by atoms with Crippen LogP contribution in [0.1, 0.15) is 20.3 Å². The second kappa shape index (κ2) is 4.62. The van der Waals surface area contributed by atoms with E-state index in [9.17, 15) is 0 Å². The molecule has 2 atom stereocenters. The molecule has 0 amide bonds. The van der Waals surface area contributed by atoms with Crippen molar-refractivity contribution in [2.24, 2.45) is 12.8 Å². The summed E-state index contributed by atoms with van der Waals surface area (Å²) in [4.78, 5) is 0. The summed E-state index contributed by atoms with van der Waals surface area (Å²) in [5.74, 6) is 0. The second-order valence-electron chi connectivity index (χ2n) is 3.12.